The zero-order valence-electron chi connectivity index (χ0n) is 17.2. The quantitative estimate of drug-likeness (QED) is 0.591. The Kier molecular flexibility index (Phi) is 7.21. The zero-order chi connectivity index (χ0) is 21.3. The van der Waals surface area contributed by atoms with Crippen molar-refractivity contribution in [1.29, 1.82) is 0 Å². The second kappa shape index (κ2) is 10.2. The van der Waals surface area contributed by atoms with E-state index >= 15 is 0 Å². The van der Waals surface area contributed by atoms with Gasteiger partial charge in [-0.2, -0.15) is 0 Å². The summed E-state index contributed by atoms with van der Waals surface area (Å²) >= 11 is 0. The molecule has 0 unspecified atom stereocenters. The van der Waals surface area contributed by atoms with E-state index in [1.165, 1.54) is 5.56 Å². The summed E-state index contributed by atoms with van der Waals surface area (Å²) in [6.07, 6.45) is 5.48. The van der Waals surface area contributed by atoms with Gasteiger partial charge in [0.2, 0.25) is 5.91 Å². The summed E-state index contributed by atoms with van der Waals surface area (Å²) in [5.41, 5.74) is 2.28. The van der Waals surface area contributed by atoms with Gasteiger partial charge in [-0.05, 0) is 37.3 Å². The highest BCUT2D eigenvalue weighted by Crippen LogP contribution is 2.14. The molecule has 0 saturated heterocycles. The minimum atomic E-state index is -0.128. The number of rotatable bonds is 9. The Labute approximate surface area is 176 Å². The first-order chi connectivity index (χ1) is 14.5. The predicted octanol–water partition coefficient (Wildman–Crippen LogP) is 3.37. The van der Waals surface area contributed by atoms with Gasteiger partial charge in [0.25, 0.3) is 5.91 Å². The van der Waals surface area contributed by atoms with Gasteiger partial charge in [0, 0.05) is 43.7 Å². The Balaban J connectivity index is 1.48. The minimum absolute atomic E-state index is 0.117. The number of benzene rings is 2. The van der Waals surface area contributed by atoms with E-state index in [-0.39, 0.29) is 11.8 Å². The summed E-state index contributed by atoms with van der Waals surface area (Å²) in [6.45, 7) is 3.42. The van der Waals surface area contributed by atoms with Crippen molar-refractivity contribution in [1.82, 2.24) is 14.5 Å². The van der Waals surface area contributed by atoms with E-state index in [2.05, 4.69) is 10.3 Å². The normalized spacial score (nSPS) is 10.5. The van der Waals surface area contributed by atoms with Gasteiger partial charge in [-0.25, -0.2) is 4.98 Å². The summed E-state index contributed by atoms with van der Waals surface area (Å²) in [5.74, 6) is 0.534. The molecule has 3 aromatic rings. The number of nitrogens with one attached hydrogen (secondary N) is 1. The highest BCUT2D eigenvalue weighted by Gasteiger charge is 2.13. The van der Waals surface area contributed by atoms with Crippen LogP contribution in [0.4, 0.5) is 5.69 Å². The molecule has 7 heteroatoms. The Hall–Kier alpha value is -3.61. The molecule has 1 N–H and O–H groups in total. The van der Waals surface area contributed by atoms with Crippen LogP contribution in [0.15, 0.2) is 67.3 Å². The van der Waals surface area contributed by atoms with Gasteiger partial charge in [-0.1, -0.05) is 23.8 Å². The molecule has 30 heavy (non-hydrogen) atoms. The van der Waals surface area contributed by atoms with E-state index in [4.69, 9.17) is 4.74 Å². The first-order valence-corrected chi connectivity index (χ1v) is 9.82. The highest BCUT2D eigenvalue weighted by molar-refractivity contribution is 5.97. The summed E-state index contributed by atoms with van der Waals surface area (Å²) in [5, 5.41) is 2.84. The fourth-order valence-corrected chi connectivity index (χ4v) is 2.86. The lowest BCUT2D eigenvalue weighted by molar-refractivity contribution is -0.116. The van der Waals surface area contributed by atoms with Crippen LogP contribution in [0.25, 0.3) is 0 Å². The Bertz CT molecular complexity index is 968. The third-order valence-corrected chi connectivity index (χ3v) is 4.61. The number of aromatic nitrogens is 2. The molecule has 0 aliphatic carbocycles. The topological polar surface area (TPSA) is 76.5 Å². The first kappa shape index (κ1) is 21.1. The smallest absolute Gasteiger partial charge is 0.253 e. The molecule has 7 nitrogen and oxygen atoms in total. The number of hydrogen-bond acceptors (Lipinski definition) is 4. The van der Waals surface area contributed by atoms with Gasteiger partial charge < -0.3 is 19.5 Å². The van der Waals surface area contributed by atoms with Crippen LogP contribution in [0, 0.1) is 6.92 Å². The molecule has 0 spiro atoms. The molecule has 2 aromatic carbocycles. The van der Waals surface area contributed by atoms with Gasteiger partial charge in [-0.15, -0.1) is 0 Å². The van der Waals surface area contributed by atoms with E-state index < -0.39 is 0 Å². The molecule has 1 heterocycles. The maximum atomic E-state index is 12.7. The first-order valence-electron chi connectivity index (χ1n) is 9.82. The molecule has 2 amide bonds. The van der Waals surface area contributed by atoms with Crippen LogP contribution in [-0.2, 0) is 11.3 Å². The Morgan fingerprint density at radius 3 is 2.70 bits per heavy atom. The number of likely N-dealkylation sites (N-methyl/N-ethyl adjacent to an activating group) is 1. The second-order valence-corrected chi connectivity index (χ2v) is 7.07. The number of carbonyl (C=O) groups is 2. The van der Waals surface area contributed by atoms with Crippen molar-refractivity contribution in [3.05, 3.63) is 78.4 Å². The predicted molar refractivity (Wildman–Crippen MR) is 116 cm³/mol. The average molecular weight is 406 g/mol. The molecule has 0 fully saturated rings. The van der Waals surface area contributed by atoms with Crippen molar-refractivity contribution in [2.24, 2.45) is 0 Å². The lowest BCUT2D eigenvalue weighted by atomic mass is 10.1. The van der Waals surface area contributed by atoms with Crippen LogP contribution in [0.3, 0.4) is 0 Å². The molecule has 1 aromatic heterocycles. The van der Waals surface area contributed by atoms with Crippen molar-refractivity contribution in [3.63, 3.8) is 0 Å². The SMILES string of the molecule is Cc1ccc(OCCN(C)C(=O)c2cccc(NC(=O)CCn3ccnc3)c2)cc1. The molecule has 0 radical (unpaired) electrons. The van der Waals surface area contributed by atoms with E-state index in [0.717, 1.165) is 5.75 Å². The monoisotopic (exact) mass is 406 g/mol. The number of anilines is 1. The van der Waals surface area contributed by atoms with Gasteiger partial charge in [-0.3, -0.25) is 9.59 Å². The maximum Gasteiger partial charge on any atom is 0.253 e. The molecule has 0 aliphatic heterocycles. The number of hydrogen-bond donors (Lipinski definition) is 1. The Morgan fingerprint density at radius 1 is 1.17 bits per heavy atom. The summed E-state index contributed by atoms with van der Waals surface area (Å²) < 4.78 is 7.53. The van der Waals surface area contributed by atoms with Crippen LogP contribution < -0.4 is 10.1 Å². The lowest BCUT2D eigenvalue weighted by Gasteiger charge is -2.18. The number of aryl methyl sites for hydroxylation is 2. The molecule has 3 rings (SSSR count). The van der Waals surface area contributed by atoms with E-state index in [1.807, 2.05) is 42.0 Å². The molecule has 0 atom stereocenters. The van der Waals surface area contributed by atoms with Crippen LogP contribution in [0.1, 0.15) is 22.3 Å². The molecule has 0 saturated carbocycles. The molecule has 156 valence electrons. The van der Waals surface area contributed by atoms with E-state index in [1.54, 1.807) is 48.7 Å². The fraction of sp³-hybridized carbons (Fsp3) is 0.261. The molecule has 0 aliphatic rings. The summed E-state index contributed by atoms with van der Waals surface area (Å²) in [6, 6.07) is 14.8. The van der Waals surface area contributed by atoms with Gasteiger partial charge in [0.15, 0.2) is 0 Å². The number of carbonyl (C=O) groups excluding carboxylic acids is 2. The van der Waals surface area contributed by atoms with Crippen LogP contribution >= 0.6 is 0 Å². The maximum absolute atomic E-state index is 12.7. The largest absolute Gasteiger partial charge is 0.492 e. The molecular weight excluding hydrogens is 380 g/mol. The summed E-state index contributed by atoms with van der Waals surface area (Å²) in [4.78, 5) is 30.4. The van der Waals surface area contributed by atoms with E-state index in [0.29, 0.717) is 37.4 Å². The number of amides is 2. The number of ether oxygens (including phenoxy) is 1. The summed E-state index contributed by atoms with van der Waals surface area (Å²) in [7, 11) is 1.73. The van der Waals surface area contributed by atoms with E-state index in [9.17, 15) is 9.59 Å². The van der Waals surface area contributed by atoms with Crippen molar-refractivity contribution >= 4 is 17.5 Å². The van der Waals surface area contributed by atoms with Crippen molar-refractivity contribution in [2.75, 3.05) is 25.5 Å². The van der Waals surface area contributed by atoms with Gasteiger partial charge >= 0.3 is 0 Å². The van der Waals surface area contributed by atoms with Gasteiger partial charge in [0.1, 0.15) is 12.4 Å². The number of nitrogens with zero attached hydrogens (tertiary/aromatic N) is 3. The van der Waals surface area contributed by atoms with Crippen molar-refractivity contribution < 1.29 is 14.3 Å². The average Bonchev–Trinajstić information content (AvgIpc) is 3.27. The van der Waals surface area contributed by atoms with Crippen LogP contribution in [-0.4, -0.2) is 46.5 Å². The van der Waals surface area contributed by atoms with Crippen molar-refractivity contribution in [2.45, 2.75) is 19.9 Å². The number of imidazole rings is 1. The van der Waals surface area contributed by atoms with Crippen LogP contribution in [0.2, 0.25) is 0 Å². The van der Waals surface area contributed by atoms with Crippen molar-refractivity contribution in [3.8, 4) is 5.75 Å². The highest BCUT2D eigenvalue weighted by atomic mass is 16.5. The molecular formula is C23H26N4O3. The third kappa shape index (κ3) is 6.20. The zero-order valence-corrected chi connectivity index (χ0v) is 17.2. The second-order valence-electron chi connectivity index (χ2n) is 7.07. The lowest BCUT2D eigenvalue weighted by Crippen LogP contribution is -2.31. The van der Waals surface area contributed by atoms with Crippen LogP contribution in [0.5, 0.6) is 5.75 Å². The third-order valence-electron chi connectivity index (χ3n) is 4.61. The standard InChI is InChI=1S/C23H26N4O3/c1-18-6-8-21(9-7-18)30-15-14-26(2)23(29)19-4-3-5-20(16-19)25-22(28)10-12-27-13-11-24-17-27/h3-9,11,13,16-17H,10,12,14-15H2,1-2H3,(H,25,28). The molecule has 0 bridgehead atoms. The minimum Gasteiger partial charge on any atom is -0.492 e. The fourth-order valence-electron chi connectivity index (χ4n) is 2.86. The Morgan fingerprint density at radius 2 is 1.97 bits per heavy atom. The van der Waals surface area contributed by atoms with Gasteiger partial charge in [0.05, 0.1) is 12.9 Å².